The third-order valence-electron chi connectivity index (χ3n) is 3.57. The van der Waals surface area contributed by atoms with E-state index >= 15 is 0 Å². The topological polar surface area (TPSA) is 26.3 Å². The highest BCUT2D eigenvalue weighted by Gasteiger charge is 2.54. The van der Waals surface area contributed by atoms with Crippen molar-refractivity contribution in [2.45, 2.75) is 38.7 Å². The summed E-state index contributed by atoms with van der Waals surface area (Å²) in [7, 11) is 1.77. The number of hydrogen-bond donors (Lipinski definition) is 0. The van der Waals surface area contributed by atoms with Crippen LogP contribution in [0.15, 0.2) is 11.6 Å². The van der Waals surface area contributed by atoms with E-state index in [2.05, 4.69) is 0 Å². The van der Waals surface area contributed by atoms with E-state index in [4.69, 9.17) is 4.74 Å². The van der Waals surface area contributed by atoms with Crippen LogP contribution in [0.25, 0.3) is 0 Å². The number of allylic oxidation sites excluding steroid dienone is 1. The number of carbonyl (C=O) groups is 1. The summed E-state index contributed by atoms with van der Waals surface area (Å²) >= 11 is 0. The average molecular weight is 180 g/mol. The Morgan fingerprint density at radius 1 is 1.62 bits per heavy atom. The first-order valence-corrected chi connectivity index (χ1v) is 4.93. The molecule has 1 atom stereocenters. The summed E-state index contributed by atoms with van der Waals surface area (Å²) in [5.41, 5.74) is 1.61. The van der Waals surface area contributed by atoms with Crippen LogP contribution in [0.3, 0.4) is 0 Å². The van der Waals surface area contributed by atoms with Crippen LogP contribution < -0.4 is 0 Å². The summed E-state index contributed by atoms with van der Waals surface area (Å²) in [6.45, 7) is 1.62. The van der Waals surface area contributed by atoms with E-state index in [1.165, 1.54) is 24.8 Å². The lowest BCUT2D eigenvalue weighted by Crippen LogP contribution is -2.53. The van der Waals surface area contributed by atoms with Gasteiger partial charge in [-0.1, -0.05) is 12.0 Å². The average Bonchev–Trinajstić information content (AvgIpc) is 1.93. The molecule has 2 saturated carbocycles. The lowest BCUT2D eigenvalue weighted by Gasteiger charge is -2.57. The van der Waals surface area contributed by atoms with Gasteiger partial charge in [0, 0.05) is 12.5 Å². The minimum absolute atomic E-state index is 0.177. The molecule has 72 valence electrons. The number of ketones is 1. The van der Waals surface area contributed by atoms with Crippen LogP contribution in [0, 0.1) is 5.41 Å². The Balaban J connectivity index is 2.14. The molecular weight excluding hydrogens is 164 g/mol. The Morgan fingerprint density at radius 2 is 2.31 bits per heavy atom. The molecule has 2 aliphatic rings. The van der Waals surface area contributed by atoms with Gasteiger partial charge in [-0.05, 0) is 32.3 Å². The predicted octanol–water partition coefficient (Wildman–Crippen LogP) is 2.09. The fourth-order valence-corrected chi connectivity index (χ4v) is 2.63. The maximum atomic E-state index is 11.0. The van der Waals surface area contributed by atoms with Gasteiger partial charge in [-0.2, -0.15) is 0 Å². The van der Waals surface area contributed by atoms with E-state index in [-0.39, 0.29) is 11.2 Å². The molecule has 0 heterocycles. The van der Waals surface area contributed by atoms with E-state index in [1.54, 1.807) is 14.0 Å². The second-order valence-electron chi connectivity index (χ2n) is 4.22. The monoisotopic (exact) mass is 180 g/mol. The van der Waals surface area contributed by atoms with Crippen molar-refractivity contribution in [1.82, 2.24) is 0 Å². The quantitative estimate of drug-likeness (QED) is 0.608. The molecule has 0 bridgehead atoms. The number of rotatable bonds is 2. The van der Waals surface area contributed by atoms with Crippen LogP contribution in [0.4, 0.5) is 0 Å². The second kappa shape index (κ2) is 2.95. The van der Waals surface area contributed by atoms with Crippen LogP contribution in [0.2, 0.25) is 0 Å². The summed E-state index contributed by atoms with van der Waals surface area (Å²) in [4.78, 5) is 11.0. The molecule has 0 saturated heterocycles. The largest absolute Gasteiger partial charge is 0.380 e. The first kappa shape index (κ1) is 8.95. The molecule has 0 N–H and O–H groups in total. The molecule has 2 fully saturated rings. The predicted molar refractivity (Wildman–Crippen MR) is 50.5 cm³/mol. The molecule has 13 heavy (non-hydrogen) atoms. The number of hydrogen-bond acceptors (Lipinski definition) is 2. The molecule has 0 aromatic heterocycles. The molecule has 2 aliphatic carbocycles. The Hall–Kier alpha value is -0.630. The summed E-state index contributed by atoms with van der Waals surface area (Å²) in [6.07, 6.45) is 6.88. The Morgan fingerprint density at radius 3 is 2.69 bits per heavy atom. The third-order valence-corrected chi connectivity index (χ3v) is 3.57. The van der Waals surface area contributed by atoms with E-state index in [1.807, 2.05) is 6.08 Å². The molecule has 1 spiro atoms. The SMILES string of the molecule is COC1C/C(=C/C(C)=O)C12CCC2. The highest BCUT2D eigenvalue weighted by atomic mass is 16.5. The van der Waals surface area contributed by atoms with Crippen molar-refractivity contribution in [2.75, 3.05) is 7.11 Å². The number of carbonyl (C=O) groups excluding carboxylic acids is 1. The fraction of sp³-hybridized carbons (Fsp3) is 0.727. The highest BCUT2D eigenvalue weighted by molar-refractivity contribution is 5.88. The van der Waals surface area contributed by atoms with Crippen molar-refractivity contribution in [3.63, 3.8) is 0 Å². The first-order valence-electron chi connectivity index (χ1n) is 4.93. The van der Waals surface area contributed by atoms with Gasteiger partial charge in [0.15, 0.2) is 5.78 Å². The van der Waals surface area contributed by atoms with E-state index in [9.17, 15) is 4.79 Å². The van der Waals surface area contributed by atoms with Crippen molar-refractivity contribution in [2.24, 2.45) is 5.41 Å². The molecule has 0 aromatic carbocycles. The van der Waals surface area contributed by atoms with Crippen LogP contribution in [0.5, 0.6) is 0 Å². The molecule has 2 heteroatoms. The molecule has 1 unspecified atom stereocenters. The highest BCUT2D eigenvalue weighted by Crippen LogP contribution is 2.60. The van der Waals surface area contributed by atoms with Crippen molar-refractivity contribution in [3.05, 3.63) is 11.6 Å². The van der Waals surface area contributed by atoms with Gasteiger partial charge in [0.05, 0.1) is 6.10 Å². The van der Waals surface area contributed by atoms with E-state index in [0.29, 0.717) is 6.10 Å². The minimum Gasteiger partial charge on any atom is -0.380 e. The van der Waals surface area contributed by atoms with Gasteiger partial charge >= 0.3 is 0 Å². The zero-order valence-electron chi connectivity index (χ0n) is 8.30. The Labute approximate surface area is 79.0 Å². The summed E-state index contributed by atoms with van der Waals surface area (Å²) in [5, 5.41) is 0. The van der Waals surface area contributed by atoms with Gasteiger partial charge < -0.3 is 4.74 Å². The summed E-state index contributed by atoms with van der Waals surface area (Å²) in [6, 6.07) is 0. The lowest BCUT2D eigenvalue weighted by atomic mass is 9.51. The summed E-state index contributed by atoms with van der Waals surface area (Å²) in [5.74, 6) is 0.177. The zero-order valence-corrected chi connectivity index (χ0v) is 8.30. The molecule has 2 nitrogen and oxygen atoms in total. The van der Waals surface area contributed by atoms with E-state index in [0.717, 1.165) is 6.42 Å². The fourth-order valence-electron chi connectivity index (χ4n) is 2.63. The van der Waals surface area contributed by atoms with Gasteiger partial charge in [0.2, 0.25) is 0 Å². The lowest BCUT2D eigenvalue weighted by molar-refractivity contribution is -0.113. The minimum atomic E-state index is 0.177. The standard InChI is InChI=1S/C11H16O2/c1-8(12)6-9-7-10(13-2)11(9)4-3-5-11/h6,10H,3-5,7H2,1-2H3/b9-6-. The van der Waals surface area contributed by atoms with Crippen molar-refractivity contribution < 1.29 is 9.53 Å². The molecular formula is C11H16O2. The van der Waals surface area contributed by atoms with E-state index < -0.39 is 0 Å². The Bertz CT molecular complexity index is 261. The van der Waals surface area contributed by atoms with Gasteiger partial charge in [-0.25, -0.2) is 0 Å². The normalized spacial score (nSPS) is 32.8. The Kier molecular flexibility index (Phi) is 2.03. The van der Waals surface area contributed by atoms with Crippen molar-refractivity contribution >= 4 is 5.78 Å². The number of methoxy groups -OCH3 is 1. The van der Waals surface area contributed by atoms with Crippen LogP contribution in [-0.2, 0) is 9.53 Å². The van der Waals surface area contributed by atoms with Gasteiger partial charge in [-0.15, -0.1) is 0 Å². The van der Waals surface area contributed by atoms with Gasteiger partial charge in [-0.3, -0.25) is 4.79 Å². The molecule has 0 aromatic rings. The van der Waals surface area contributed by atoms with Gasteiger partial charge in [0.1, 0.15) is 0 Å². The zero-order chi connectivity index (χ0) is 9.47. The van der Waals surface area contributed by atoms with Gasteiger partial charge in [0.25, 0.3) is 0 Å². The smallest absolute Gasteiger partial charge is 0.152 e. The number of ether oxygens (including phenoxy) is 1. The molecule has 0 aliphatic heterocycles. The maximum absolute atomic E-state index is 11.0. The van der Waals surface area contributed by atoms with Crippen molar-refractivity contribution in [1.29, 1.82) is 0 Å². The second-order valence-corrected chi connectivity index (χ2v) is 4.22. The van der Waals surface area contributed by atoms with Crippen molar-refractivity contribution in [3.8, 4) is 0 Å². The molecule has 0 amide bonds. The van der Waals surface area contributed by atoms with Crippen LogP contribution in [0.1, 0.15) is 32.6 Å². The molecule has 0 radical (unpaired) electrons. The summed E-state index contributed by atoms with van der Waals surface area (Å²) < 4.78 is 5.40. The third kappa shape index (κ3) is 1.16. The maximum Gasteiger partial charge on any atom is 0.152 e. The van der Waals surface area contributed by atoms with Crippen LogP contribution in [-0.4, -0.2) is 19.0 Å². The first-order chi connectivity index (χ1) is 6.19. The van der Waals surface area contributed by atoms with Crippen LogP contribution >= 0.6 is 0 Å². The molecule has 2 rings (SSSR count).